The van der Waals surface area contributed by atoms with Crippen LogP contribution in [0.5, 0.6) is 0 Å². The number of aryl methyl sites for hydroxylation is 2. The minimum Gasteiger partial charge on any atom is -0.455 e. The molecule has 2 N–H and O–H groups in total. The first-order valence-corrected chi connectivity index (χ1v) is 10.6. The normalized spacial score (nSPS) is 14.8. The maximum atomic E-state index is 12.7. The first-order chi connectivity index (χ1) is 13.3. The monoisotopic (exact) mass is 405 g/mol. The number of nitrogens with one attached hydrogen (secondary N) is 2. The zero-order valence-corrected chi connectivity index (χ0v) is 16.6. The van der Waals surface area contributed by atoms with Gasteiger partial charge in [0, 0.05) is 24.7 Å². The third kappa shape index (κ3) is 4.10. The lowest BCUT2D eigenvalue weighted by molar-refractivity contribution is 0.0830. The third-order valence-corrected chi connectivity index (χ3v) is 6.70. The number of carbonyl (C=O) groups is 2. The second kappa shape index (κ2) is 8.15. The fourth-order valence-electron chi connectivity index (χ4n) is 3.04. The van der Waals surface area contributed by atoms with E-state index in [1.54, 1.807) is 12.1 Å². The molecule has 0 atom stereocenters. The van der Waals surface area contributed by atoms with Gasteiger partial charge in [0.25, 0.3) is 5.91 Å². The van der Waals surface area contributed by atoms with Crippen LogP contribution in [0.25, 0.3) is 0 Å². The fourth-order valence-corrected chi connectivity index (χ4v) is 4.72. The van der Waals surface area contributed by atoms with Gasteiger partial charge in [-0.2, -0.15) is 4.31 Å². The Morgan fingerprint density at radius 2 is 1.68 bits per heavy atom. The van der Waals surface area contributed by atoms with Crippen LogP contribution in [0.2, 0.25) is 0 Å². The van der Waals surface area contributed by atoms with Crippen molar-refractivity contribution in [2.75, 3.05) is 13.1 Å². The van der Waals surface area contributed by atoms with Gasteiger partial charge in [-0.05, 0) is 43.9 Å². The Bertz CT molecular complexity index is 973. The maximum absolute atomic E-state index is 12.7. The second-order valence-electron chi connectivity index (χ2n) is 6.60. The van der Waals surface area contributed by atoms with Crippen molar-refractivity contribution >= 4 is 21.8 Å². The number of hydrogen-bond acceptors (Lipinski definition) is 5. The molecule has 1 aromatic heterocycles. The molecule has 28 heavy (non-hydrogen) atoms. The zero-order chi connectivity index (χ0) is 20.3. The summed E-state index contributed by atoms with van der Waals surface area (Å²) in [4.78, 5) is 24.4. The van der Waals surface area contributed by atoms with Crippen molar-refractivity contribution in [1.29, 1.82) is 0 Å². The van der Waals surface area contributed by atoms with Gasteiger partial charge in [0.2, 0.25) is 10.0 Å². The number of furan rings is 1. The van der Waals surface area contributed by atoms with Gasteiger partial charge in [-0.1, -0.05) is 19.1 Å². The van der Waals surface area contributed by atoms with Crippen LogP contribution in [0, 0.1) is 6.92 Å². The molecule has 2 amide bonds. The van der Waals surface area contributed by atoms with Crippen LogP contribution < -0.4 is 10.9 Å². The van der Waals surface area contributed by atoms with E-state index in [4.69, 9.17) is 4.42 Å². The number of sulfonamides is 1. The van der Waals surface area contributed by atoms with Gasteiger partial charge in [-0.15, -0.1) is 0 Å². The molecule has 1 saturated heterocycles. The van der Waals surface area contributed by atoms with Crippen LogP contribution in [0.1, 0.15) is 52.0 Å². The highest BCUT2D eigenvalue weighted by molar-refractivity contribution is 7.89. The Kier molecular flexibility index (Phi) is 5.85. The molecule has 9 heteroatoms. The highest BCUT2D eigenvalue weighted by Gasteiger charge is 2.31. The van der Waals surface area contributed by atoms with Crippen molar-refractivity contribution in [3.05, 3.63) is 53.0 Å². The summed E-state index contributed by atoms with van der Waals surface area (Å²) in [6, 6.07) is 8.20. The molecule has 1 aromatic carbocycles. The molecule has 0 radical (unpaired) electrons. The van der Waals surface area contributed by atoms with Crippen molar-refractivity contribution in [2.45, 2.75) is 38.0 Å². The summed E-state index contributed by atoms with van der Waals surface area (Å²) in [5.74, 6) is -1.26. The number of benzene rings is 1. The molecule has 0 spiro atoms. The van der Waals surface area contributed by atoms with E-state index in [1.807, 2.05) is 19.1 Å². The minimum absolute atomic E-state index is 0.0268. The Balaban J connectivity index is 1.67. The summed E-state index contributed by atoms with van der Waals surface area (Å²) in [6.07, 6.45) is 2.49. The summed E-state index contributed by atoms with van der Waals surface area (Å²) in [5.41, 5.74) is 6.04. The van der Waals surface area contributed by atoms with Gasteiger partial charge in [-0.25, -0.2) is 8.42 Å². The highest BCUT2D eigenvalue weighted by Crippen LogP contribution is 2.26. The summed E-state index contributed by atoms with van der Waals surface area (Å²) >= 11 is 0. The van der Waals surface area contributed by atoms with Crippen LogP contribution in [-0.4, -0.2) is 37.6 Å². The second-order valence-corrected chi connectivity index (χ2v) is 8.51. The largest absolute Gasteiger partial charge is 0.455 e. The van der Waals surface area contributed by atoms with E-state index in [0.29, 0.717) is 18.7 Å². The lowest BCUT2D eigenvalue weighted by atomic mass is 10.1. The van der Waals surface area contributed by atoms with E-state index in [2.05, 4.69) is 10.9 Å². The van der Waals surface area contributed by atoms with E-state index in [1.165, 1.54) is 17.3 Å². The van der Waals surface area contributed by atoms with Crippen molar-refractivity contribution < 1.29 is 22.4 Å². The van der Waals surface area contributed by atoms with E-state index < -0.39 is 21.8 Å². The average molecular weight is 405 g/mol. The summed E-state index contributed by atoms with van der Waals surface area (Å²) in [7, 11) is -3.69. The molecule has 0 saturated carbocycles. The molecule has 1 aliphatic heterocycles. The molecule has 0 aliphatic carbocycles. The van der Waals surface area contributed by atoms with Gasteiger partial charge in [-0.3, -0.25) is 20.4 Å². The zero-order valence-electron chi connectivity index (χ0n) is 15.8. The van der Waals surface area contributed by atoms with Gasteiger partial charge < -0.3 is 4.42 Å². The number of amides is 2. The Morgan fingerprint density at radius 1 is 1.07 bits per heavy atom. The predicted octanol–water partition coefficient (Wildman–Crippen LogP) is 2.01. The van der Waals surface area contributed by atoms with E-state index in [0.717, 1.165) is 24.8 Å². The van der Waals surface area contributed by atoms with Crippen LogP contribution in [0.15, 0.2) is 39.6 Å². The summed E-state index contributed by atoms with van der Waals surface area (Å²) < 4.78 is 32.0. The molecule has 8 nitrogen and oxygen atoms in total. The molecular weight excluding hydrogens is 382 g/mol. The van der Waals surface area contributed by atoms with Gasteiger partial charge in [0.15, 0.2) is 5.76 Å². The predicted molar refractivity (Wildman–Crippen MR) is 102 cm³/mol. The lowest BCUT2D eigenvalue weighted by Crippen LogP contribution is -2.41. The fraction of sp³-hybridized carbons (Fsp3) is 0.368. The smallest absolute Gasteiger partial charge is 0.305 e. The molecule has 2 heterocycles. The van der Waals surface area contributed by atoms with Crippen molar-refractivity contribution in [3.8, 4) is 0 Å². The first-order valence-electron chi connectivity index (χ1n) is 9.13. The molecule has 1 fully saturated rings. The van der Waals surface area contributed by atoms with Crippen LogP contribution in [0.3, 0.4) is 0 Å². The number of nitrogens with zero attached hydrogens (tertiary/aromatic N) is 1. The van der Waals surface area contributed by atoms with Gasteiger partial charge in [0.05, 0.1) is 0 Å². The van der Waals surface area contributed by atoms with E-state index in [-0.39, 0.29) is 16.4 Å². The van der Waals surface area contributed by atoms with Gasteiger partial charge in [0.1, 0.15) is 10.7 Å². The number of hydrazine groups is 1. The molecule has 2 aromatic rings. The minimum atomic E-state index is -3.69. The van der Waals surface area contributed by atoms with Crippen LogP contribution in [-0.2, 0) is 16.4 Å². The highest BCUT2D eigenvalue weighted by atomic mass is 32.2. The van der Waals surface area contributed by atoms with Crippen molar-refractivity contribution in [1.82, 2.24) is 15.2 Å². The molecule has 3 rings (SSSR count). The SMILES string of the molecule is CCc1ccc(C(=O)NNC(=O)c2cc(S(=O)(=O)N3CCCC3)c(C)o2)cc1. The summed E-state index contributed by atoms with van der Waals surface area (Å²) in [6.45, 7) is 4.43. The van der Waals surface area contributed by atoms with Crippen LogP contribution >= 0.6 is 0 Å². The molecular formula is C19H23N3O5S. The standard InChI is InChI=1S/C19H23N3O5S/c1-3-14-6-8-15(9-7-14)18(23)20-21-19(24)16-12-17(13(2)27-16)28(25,26)22-10-4-5-11-22/h6-9,12H,3-5,10-11H2,1-2H3,(H,20,23)(H,21,24). The number of carbonyl (C=O) groups excluding carboxylic acids is 2. The van der Waals surface area contributed by atoms with E-state index in [9.17, 15) is 18.0 Å². The van der Waals surface area contributed by atoms with Crippen LogP contribution in [0.4, 0.5) is 0 Å². The molecule has 0 bridgehead atoms. The number of hydrogen-bond donors (Lipinski definition) is 2. The lowest BCUT2D eigenvalue weighted by Gasteiger charge is -2.14. The topological polar surface area (TPSA) is 109 Å². The Morgan fingerprint density at radius 3 is 2.29 bits per heavy atom. The summed E-state index contributed by atoms with van der Waals surface area (Å²) in [5, 5.41) is 0. The third-order valence-electron chi connectivity index (χ3n) is 4.69. The number of rotatable bonds is 5. The van der Waals surface area contributed by atoms with E-state index >= 15 is 0 Å². The quantitative estimate of drug-likeness (QED) is 0.740. The molecule has 0 unspecified atom stereocenters. The maximum Gasteiger partial charge on any atom is 0.305 e. The Labute approximate surface area is 163 Å². The van der Waals surface area contributed by atoms with Gasteiger partial charge >= 0.3 is 5.91 Å². The average Bonchev–Trinajstić information content (AvgIpc) is 3.36. The van der Waals surface area contributed by atoms with Crippen molar-refractivity contribution in [2.24, 2.45) is 0 Å². The van der Waals surface area contributed by atoms with Crippen molar-refractivity contribution in [3.63, 3.8) is 0 Å². The molecule has 150 valence electrons. The Hall–Kier alpha value is -2.65. The first kappa shape index (κ1) is 20.1. The molecule has 1 aliphatic rings.